The van der Waals surface area contributed by atoms with Crippen LogP contribution in [0.3, 0.4) is 0 Å². The zero-order chi connectivity index (χ0) is 43.9. The number of anilines is 7. The summed E-state index contributed by atoms with van der Waals surface area (Å²) in [5, 5.41) is 0. The highest BCUT2D eigenvalue weighted by molar-refractivity contribution is 7.00. The molecule has 0 amide bonds. The van der Waals surface area contributed by atoms with Crippen molar-refractivity contribution in [1.29, 1.82) is 0 Å². The summed E-state index contributed by atoms with van der Waals surface area (Å²) in [7, 11) is 0. The van der Waals surface area contributed by atoms with E-state index in [1.165, 1.54) is 106 Å². The third-order valence-electron chi connectivity index (χ3n) is 18.0. The van der Waals surface area contributed by atoms with Crippen LogP contribution < -0.4 is 31.1 Å². The smallest absolute Gasteiger partial charge is 0.252 e. The molecule has 2 aliphatic carbocycles. The molecular formula is C60H58BN3. The van der Waals surface area contributed by atoms with Gasteiger partial charge in [0.25, 0.3) is 6.71 Å². The molecule has 13 rings (SSSR count). The summed E-state index contributed by atoms with van der Waals surface area (Å²) in [6.07, 6.45) is 4.36. The third kappa shape index (κ3) is 4.50. The molecule has 0 aromatic heterocycles. The van der Waals surface area contributed by atoms with Crippen LogP contribution in [-0.4, -0.2) is 6.71 Å². The highest BCUT2D eigenvalue weighted by Crippen LogP contribution is 2.67. The molecule has 316 valence electrons. The van der Waals surface area contributed by atoms with Crippen LogP contribution in [0.15, 0.2) is 140 Å². The molecular weight excluding hydrogens is 773 g/mol. The van der Waals surface area contributed by atoms with Crippen LogP contribution in [0.4, 0.5) is 39.8 Å². The highest BCUT2D eigenvalue weighted by atomic mass is 15.3. The number of nitrogens with zero attached hydrogens (tertiary/aromatic N) is 3. The number of fused-ring (bicyclic) bond motifs is 14. The average Bonchev–Trinajstić information content (AvgIpc) is 3.64. The lowest BCUT2D eigenvalue weighted by molar-refractivity contribution is 0.244. The molecule has 4 aliphatic heterocycles. The summed E-state index contributed by atoms with van der Waals surface area (Å²) in [6, 6.07) is 55.3. The van der Waals surface area contributed by atoms with E-state index < -0.39 is 0 Å². The van der Waals surface area contributed by atoms with Gasteiger partial charge in [0, 0.05) is 50.6 Å². The molecule has 7 aromatic carbocycles. The number of benzene rings is 7. The van der Waals surface area contributed by atoms with Crippen molar-refractivity contribution in [2.75, 3.05) is 14.7 Å². The van der Waals surface area contributed by atoms with E-state index in [4.69, 9.17) is 0 Å². The summed E-state index contributed by atoms with van der Waals surface area (Å²) in [6.45, 7) is 22.0. The average molecular weight is 832 g/mol. The lowest BCUT2D eigenvalue weighted by atomic mass is 9.33. The van der Waals surface area contributed by atoms with E-state index in [0.29, 0.717) is 0 Å². The fraction of sp³-hybridized carbons (Fsp3) is 0.300. The van der Waals surface area contributed by atoms with E-state index in [1.54, 1.807) is 0 Å². The Balaban J connectivity index is 1.18. The van der Waals surface area contributed by atoms with E-state index in [0.717, 1.165) is 25.7 Å². The van der Waals surface area contributed by atoms with Gasteiger partial charge in [-0.2, -0.15) is 0 Å². The molecule has 0 radical (unpaired) electrons. The van der Waals surface area contributed by atoms with Gasteiger partial charge in [0.05, 0.1) is 11.1 Å². The molecule has 0 fully saturated rings. The Morgan fingerprint density at radius 1 is 0.484 bits per heavy atom. The maximum absolute atomic E-state index is 2.87. The van der Waals surface area contributed by atoms with Crippen LogP contribution in [0, 0.1) is 13.8 Å². The van der Waals surface area contributed by atoms with E-state index in [9.17, 15) is 0 Å². The first-order valence-electron chi connectivity index (χ1n) is 23.9. The summed E-state index contributed by atoms with van der Waals surface area (Å²) in [5.41, 5.74) is 25.3. The fourth-order valence-corrected chi connectivity index (χ4v) is 14.2. The highest BCUT2D eigenvalue weighted by Gasteiger charge is 2.64. The van der Waals surface area contributed by atoms with E-state index >= 15 is 0 Å². The van der Waals surface area contributed by atoms with E-state index in [1.807, 2.05) is 0 Å². The molecule has 0 saturated heterocycles. The Morgan fingerprint density at radius 3 is 1.77 bits per heavy atom. The predicted molar refractivity (Wildman–Crippen MR) is 270 cm³/mol. The Bertz CT molecular complexity index is 3180. The molecule has 0 saturated carbocycles. The first-order chi connectivity index (χ1) is 30.7. The number of para-hydroxylation sites is 1. The Hall–Kier alpha value is -6.00. The molecule has 0 spiro atoms. The standard InChI is InChI=1S/C60H58BN3/c1-37-21-25-42(26-22-37)62-51-27-23-38(2)33-49(51)61-48-20-14-19-46-55(48)64(60(9)45-18-13-11-16-40(45)29-31-57(46,60)6)53-36-43(35-52(62)54(53)61)63-50-28-24-41(56(3,4)5)34-47(50)58(7)32-30-39-15-10-12-17-44(39)59(58,63)8/h10-28,33-36H,29-32H2,1-9H3. The van der Waals surface area contributed by atoms with Gasteiger partial charge in [0.1, 0.15) is 0 Å². The second-order valence-corrected chi connectivity index (χ2v) is 22.1. The van der Waals surface area contributed by atoms with Gasteiger partial charge in [-0.1, -0.05) is 149 Å². The summed E-state index contributed by atoms with van der Waals surface area (Å²) < 4.78 is 0. The van der Waals surface area contributed by atoms with Gasteiger partial charge in [-0.05, 0) is 151 Å². The molecule has 0 bridgehead atoms. The molecule has 4 unspecified atom stereocenters. The third-order valence-corrected chi connectivity index (χ3v) is 18.0. The van der Waals surface area contributed by atoms with Crippen LogP contribution in [0.5, 0.6) is 0 Å². The molecule has 4 atom stereocenters. The number of hydrogen-bond acceptors (Lipinski definition) is 3. The van der Waals surface area contributed by atoms with Crippen LogP contribution in [0.25, 0.3) is 0 Å². The van der Waals surface area contributed by atoms with E-state index in [-0.39, 0.29) is 34.0 Å². The minimum atomic E-state index is -0.349. The van der Waals surface area contributed by atoms with Crippen molar-refractivity contribution in [2.45, 2.75) is 115 Å². The maximum Gasteiger partial charge on any atom is 0.252 e. The van der Waals surface area contributed by atoms with Crippen LogP contribution >= 0.6 is 0 Å². The fourth-order valence-electron chi connectivity index (χ4n) is 14.2. The summed E-state index contributed by atoms with van der Waals surface area (Å²) >= 11 is 0. The number of hydrogen-bond donors (Lipinski definition) is 0. The monoisotopic (exact) mass is 831 g/mol. The molecule has 7 aromatic rings. The predicted octanol–water partition coefficient (Wildman–Crippen LogP) is 12.8. The van der Waals surface area contributed by atoms with Gasteiger partial charge < -0.3 is 14.7 Å². The molecule has 0 N–H and O–H groups in total. The maximum atomic E-state index is 2.87. The first-order valence-corrected chi connectivity index (χ1v) is 23.9. The molecule has 64 heavy (non-hydrogen) atoms. The minimum Gasteiger partial charge on any atom is -0.331 e. The van der Waals surface area contributed by atoms with Crippen LogP contribution in [0.1, 0.15) is 111 Å². The second kappa shape index (κ2) is 12.4. The van der Waals surface area contributed by atoms with Crippen LogP contribution in [0.2, 0.25) is 0 Å². The molecule has 4 heteroatoms. The molecule has 4 heterocycles. The van der Waals surface area contributed by atoms with Crippen molar-refractivity contribution in [3.8, 4) is 0 Å². The van der Waals surface area contributed by atoms with Gasteiger partial charge in [-0.15, -0.1) is 0 Å². The van der Waals surface area contributed by atoms with Crippen LogP contribution in [-0.2, 0) is 40.2 Å². The van der Waals surface area contributed by atoms with Crippen molar-refractivity contribution < 1.29 is 0 Å². The zero-order valence-electron chi connectivity index (χ0n) is 39.0. The number of aryl methyl sites for hydroxylation is 4. The zero-order valence-corrected chi connectivity index (χ0v) is 39.0. The first kappa shape index (κ1) is 38.5. The van der Waals surface area contributed by atoms with Crippen molar-refractivity contribution >= 4 is 62.9 Å². The van der Waals surface area contributed by atoms with Crippen molar-refractivity contribution in [1.82, 2.24) is 0 Å². The summed E-state index contributed by atoms with van der Waals surface area (Å²) in [5.74, 6) is 0. The summed E-state index contributed by atoms with van der Waals surface area (Å²) in [4.78, 5) is 8.30. The van der Waals surface area contributed by atoms with Crippen molar-refractivity contribution in [3.05, 3.63) is 190 Å². The van der Waals surface area contributed by atoms with Gasteiger partial charge >= 0.3 is 0 Å². The van der Waals surface area contributed by atoms with Gasteiger partial charge in [-0.25, -0.2) is 0 Å². The second-order valence-electron chi connectivity index (χ2n) is 22.1. The molecule has 6 aliphatic rings. The topological polar surface area (TPSA) is 9.72 Å². The van der Waals surface area contributed by atoms with Gasteiger partial charge in [0.2, 0.25) is 0 Å². The largest absolute Gasteiger partial charge is 0.331 e. The quantitative estimate of drug-likeness (QED) is 0.161. The molecule has 3 nitrogen and oxygen atoms in total. The normalized spacial score (nSPS) is 25.1. The van der Waals surface area contributed by atoms with Crippen molar-refractivity contribution in [3.63, 3.8) is 0 Å². The Kier molecular flexibility index (Phi) is 7.46. The Labute approximate surface area is 380 Å². The van der Waals surface area contributed by atoms with E-state index in [2.05, 4.69) is 217 Å². The minimum absolute atomic E-state index is 0.0340. The Morgan fingerprint density at radius 2 is 1.08 bits per heavy atom. The van der Waals surface area contributed by atoms with Crippen molar-refractivity contribution in [2.24, 2.45) is 0 Å². The lowest BCUT2D eigenvalue weighted by Crippen LogP contribution is -2.64. The van der Waals surface area contributed by atoms with Gasteiger partial charge in [-0.3, -0.25) is 0 Å². The number of rotatable bonds is 2. The van der Waals surface area contributed by atoms with Gasteiger partial charge in [0.15, 0.2) is 0 Å². The lowest BCUT2D eigenvalue weighted by Gasteiger charge is -2.54. The SMILES string of the molecule is Cc1ccc(N2c3ccc(C)cc3B3c4cccc5c4N(c4cc(N6c7ccc(C(C)(C)C)cc7C7(C)CCc8ccccc8C67C)cc2c43)C2(C)c3ccccc3CCC52C)cc1.